The number of allylic oxidation sites excluding steroid dienone is 10. The maximum atomic E-state index is 12.9. The molecule has 0 fully saturated rings. The number of esters is 3. The molecule has 0 amide bonds. The van der Waals surface area contributed by atoms with E-state index in [1.807, 2.05) is 0 Å². The lowest BCUT2D eigenvalue weighted by atomic mass is 10.0. The molecule has 0 aromatic rings. The molecule has 0 aliphatic carbocycles. The minimum atomic E-state index is -0.785. The van der Waals surface area contributed by atoms with Crippen LogP contribution in [0, 0.1) is 0 Å². The summed E-state index contributed by atoms with van der Waals surface area (Å²) < 4.78 is 16.9. The maximum Gasteiger partial charge on any atom is 0.306 e. The zero-order valence-corrected chi connectivity index (χ0v) is 47.2. The van der Waals surface area contributed by atoms with Crippen LogP contribution in [0.15, 0.2) is 60.8 Å². The molecule has 0 bridgehead atoms. The van der Waals surface area contributed by atoms with Crippen molar-refractivity contribution in [2.45, 2.75) is 322 Å². The molecule has 0 aliphatic rings. The van der Waals surface area contributed by atoms with Gasteiger partial charge in [-0.1, -0.05) is 293 Å². The largest absolute Gasteiger partial charge is 0.462 e. The van der Waals surface area contributed by atoms with Crippen LogP contribution in [0.25, 0.3) is 0 Å². The molecule has 0 rings (SSSR count). The summed E-state index contributed by atoms with van der Waals surface area (Å²) in [5.41, 5.74) is 0. The average Bonchev–Trinajstić information content (AvgIpc) is 3.37. The van der Waals surface area contributed by atoms with Gasteiger partial charge in [0, 0.05) is 19.3 Å². The van der Waals surface area contributed by atoms with Gasteiger partial charge in [-0.3, -0.25) is 14.4 Å². The Kier molecular flexibility index (Phi) is 57.2. The van der Waals surface area contributed by atoms with E-state index in [0.717, 1.165) is 96.3 Å². The first-order valence-electron chi connectivity index (χ1n) is 30.8. The lowest BCUT2D eigenvalue weighted by Crippen LogP contribution is -2.30. The summed E-state index contributed by atoms with van der Waals surface area (Å²) in [6.45, 7) is 6.55. The molecule has 0 heterocycles. The Labute approximate surface area is 440 Å². The molecule has 0 aliphatic heterocycles. The summed E-state index contributed by atoms with van der Waals surface area (Å²) in [5, 5.41) is 0. The van der Waals surface area contributed by atoms with Gasteiger partial charge in [0.05, 0.1) is 0 Å². The Morgan fingerprint density at radius 3 is 0.859 bits per heavy atom. The molecule has 71 heavy (non-hydrogen) atoms. The highest BCUT2D eigenvalue weighted by molar-refractivity contribution is 5.71. The van der Waals surface area contributed by atoms with Gasteiger partial charge in [0.1, 0.15) is 13.2 Å². The average molecular weight is 994 g/mol. The lowest BCUT2D eigenvalue weighted by Gasteiger charge is -2.18. The highest BCUT2D eigenvalue weighted by Gasteiger charge is 2.19. The molecule has 6 nitrogen and oxygen atoms in total. The number of hydrogen-bond acceptors (Lipinski definition) is 6. The molecule has 0 radical (unpaired) electrons. The lowest BCUT2D eigenvalue weighted by molar-refractivity contribution is -0.167. The minimum Gasteiger partial charge on any atom is -0.462 e. The normalized spacial score (nSPS) is 12.4. The smallest absolute Gasteiger partial charge is 0.306 e. The molecule has 0 saturated carbocycles. The zero-order chi connectivity index (χ0) is 51.4. The number of carbonyl (C=O) groups excluding carboxylic acids is 3. The van der Waals surface area contributed by atoms with Crippen molar-refractivity contribution in [3.8, 4) is 0 Å². The molecule has 0 aromatic heterocycles. The van der Waals surface area contributed by atoms with Gasteiger partial charge in [-0.15, -0.1) is 0 Å². The topological polar surface area (TPSA) is 78.9 Å². The predicted molar refractivity (Wildman–Crippen MR) is 307 cm³/mol. The van der Waals surface area contributed by atoms with Crippen molar-refractivity contribution in [3.63, 3.8) is 0 Å². The standard InChI is InChI=1S/C65H116O6/c1-4-7-10-13-16-19-22-25-28-30-32-34-37-40-43-46-49-52-55-58-64(67)70-61-62(60-69-63(66)57-54-51-48-45-42-39-36-27-24-21-18-15-12-9-6-3)71-65(68)59-56-53-50-47-44-41-38-35-33-31-29-26-23-20-17-14-11-8-5-2/h7,10,16,19,25,28,32,34,40,43,62H,4-6,8-9,11-15,17-18,20-24,26-27,29-31,33,35-39,41-42,44-61H2,1-3H3/b10-7-,19-16-,28-25-,34-32-,43-40-. The number of hydrogen-bond donors (Lipinski definition) is 0. The second kappa shape index (κ2) is 59.7. The second-order valence-corrected chi connectivity index (χ2v) is 20.6. The summed E-state index contributed by atoms with van der Waals surface area (Å²) in [4.78, 5) is 38.3. The summed E-state index contributed by atoms with van der Waals surface area (Å²) in [6.07, 6.45) is 75.0. The highest BCUT2D eigenvalue weighted by atomic mass is 16.6. The van der Waals surface area contributed by atoms with Crippen molar-refractivity contribution in [2.24, 2.45) is 0 Å². The molecular weight excluding hydrogens is 877 g/mol. The molecule has 1 atom stereocenters. The molecule has 6 heteroatoms. The Balaban J connectivity index is 4.39. The van der Waals surface area contributed by atoms with Crippen LogP contribution in [0.4, 0.5) is 0 Å². The third-order valence-electron chi connectivity index (χ3n) is 13.5. The monoisotopic (exact) mass is 993 g/mol. The van der Waals surface area contributed by atoms with E-state index in [2.05, 4.69) is 81.5 Å². The van der Waals surface area contributed by atoms with Gasteiger partial charge in [-0.2, -0.15) is 0 Å². The van der Waals surface area contributed by atoms with E-state index in [0.29, 0.717) is 19.3 Å². The van der Waals surface area contributed by atoms with Crippen molar-refractivity contribution < 1.29 is 28.6 Å². The zero-order valence-electron chi connectivity index (χ0n) is 47.2. The Morgan fingerprint density at radius 2 is 0.549 bits per heavy atom. The van der Waals surface area contributed by atoms with E-state index in [1.165, 1.54) is 180 Å². The van der Waals surface area contributed by atoms with Crippen LogP contribution in [-0.4, -0.2) is 37.2 Å². The van der Waals surface area contributed by atoms with Crippen molar-refractivity contribution >= 4 is 17.9 Å². The predicted octanol–water partition coefficient (Wildman–Crippen LogP) is 20.8. The fraction of sp³-hybridized carbons (Fsp3) is 0.800. The fourth-order valence-corrected chi connectivity index (χ4v) is 8.94. The van der Waals surface area contributed by atoms with Crippen LogP contribution >= 0.6 is 0 Å². The third kappa shape index (κ3) is 57.9. The summed E-state index contributed by atoms with van der Waals surface area (Å²) in [7, 11) is 0. The van der Waals surface area contributed by atoms with E-state index >= 15 is 0 Å². The van der Waals surface area contributed by atoms with Gasteiger partial charge in [0.2, 0.25) is 0 Å². The maximum absolute atomic E-state index is 12.9. The van der Waals surface area contributed by atoms with E-state index in [9.17, 15) is 14.4 Å². The second-order valence-electron chi connectivity index (χ2n) is 20.6. The molecular formula is C65H116O6. The van der Waals surface area contributed by atoms with Crippen molar-refractivity contribution in [1.29, 1.82) is 0 Å². The SMILES string of the molecule is CC/C=C\C/C=C\C/C=C\C/C=C\C/C=C\CCCCCC(=O)OCC(COC(=O)CCCCCCCCCCCCCCCCC)OC(=O)CCCCCCCCCCCCCCCCCCCCC. The van der Waals surface area contributed by atoms with Crippen molar-refractivity contribution in [1.82, 2.24) is 0 Å². The number of carbonyl (C=O) groups is 3. The molecule has 0 saturated heterocycles. The van der Waals surface area contributed by atoms with E-state index < -0.39 is 6.10 Å². The number of ether oxygens (including phenoxy) is 3. The van der Waals surface area contributed by atoms with Gasteiger partial charge >= 0.3 is 17.9 Å². The Morgan fingerprint density at radius 1 is 0.296 bits per heavy atom. The summed E-state index contributed by atoms with van der Waals surface area (Å²) >= 11 is 0. The first-order valence-corrected chi connectivity index (χ1v) is 30.8. The van der Waals surface area contributed by atoms with Crippen molar-refractivity contribution in [3.05, 3.63) is 60.8 Å². The molecule has 1 unspecified atom stereocenters. The Bertz CT molecular complexity index is 1280. The van der Waals surface area contributed by atoms with Gasteiger partial charge in [0.25, 0.3) is 0 Å². The van der Waals surface area contributed by atoms with E-state index in [1.54, 1.807) is 0 Å². The third-order valence-corrected chi connectivity index (χ3v) is 13.5. The summed E-state index contributed by atoms with van der Waals surface area (Å²) in [5.74, 6) is -0.895. The number of unbranched alkanes of at least 4 members (excludes halogenated alkanes) is 35. The molecule has 412 valence electrons. The minimum absolute atomic E-state index is 0.0803. The van der Waals surface area contributed by atoms with Crippen LogP contribution < -0.4 is 0 Å². The quantitative estimate of drug-likeness (QED) is 0.0261. The fourth-order valence-electron chi connectivity index (χ4n) is 8.94. The van der Waals surface area contributed by atoms with Crippen LogP contribution in [0.5, 0.6) is 0 Å². The number of rotatable bonds is 56. The first kappa shape index (κ1) is 68.1. The van der Waals surface area contributed by atoms with Gasteiger partial charge < -0.3 is 14.2 Å². The molecule has 0 spiro atoms. The van der Waals surface area contributed by atoms with E-state index in [-0.39, 0.29) is 31.1 Å². The first-order chi connectivity index (χ1) is 35.0. The van der Waals surface area contributed by atoms with Crippen LogP contribution in [0.3, 0.4) is 0 Å². The van der Waals surface area contributed by atoms with Gasteiger partial charge in [0.15, 0.2) is 6.10 Å². The van der Waals surface area contributed by atoms with Crippen LogP contribution in [0.1, 0.15) is 316 Å². The highest BCUT2D eigenvalue weighted by Crippen LogP contribution is 2.17. The molecule has 0 N–H and O–H groups in total. The van der Waals surface area contributed by atoms with Crippen LogP contribution in [0.2, 0.25) is 0 Å². The van der Waals surface area contributed by atoms with Gasteiger partial charge in [-0.05, 0) is 64.2 Å². The van der Waals surface area contributed by atoms with Gasteiger partial charge in [-0.25, -0.2) is 0 Å². The van der Waals surface area contributed by atoms with Crippen molar-refractivity contribution in [2.75, 3.05) is 13.2 Å². The molecule has 0 aromatic carbocycles. The summed E-state index contributed by atoms with van der Waals surface area (Å²) in [6, 6.07) is 0. The van der Waals surface area contributed by atoms with E-state index in [4.69, 9.17) is 14.2 Å². The van der Waals surface area contributed by atoms with Crippen LogP contribution in [-0.2, 0) is 28.6 Å². The Hall–Kier alpha value is -2.89.